The molecule has 22 heavy (non-hydrogen) atoms. The third-order valence-electron chi connectivity index (χ3n) is 4.64. The van der Waals surface area contributed by atoms with E-state index >= 15 is 0 Å². The van der Waals surface area contributed by atoms with E-state index < -0.39 is 22.9 Å². The molecule has 1 aliphatic heterocycles. The molecule has 2 rings (SSSR count). The van der Waals surface area contributed by atoms with Crippen LogP contribution < -0.4 is 0 Å². The number of rotatable bonds is 2. The molecule has 1 aromatic carbocycles. The fourth-order valence-electron chi connectivity index (χ4n) is 2.98. The molecule has 1 aliphatic rings. The van der Waals surface area contributed by atoms with E-state index in [1.807, 2.05) is 44.2 Å². The fourth-order valence-corrected chi connectivity index (χ4v) is 2.98. The lowest BCUT2D eigenvalue weighted by atomic mass is 9.63. The summed E-state index contributed by atoms with van der Waals surface area (Å²) >= 11 is 0. The molecule has 116 valence electrons. The van der Waals surface area contributed by atoms with Crippen LogP contribution in [-0.4, -0.2) is 17.9 Å². The second-order valence-corrected chi connectivity index (χ2v) is 6.24. The first kappa shape index (κ1) is 16.3. The van der Waals surface area contributed by atoms with Crippen molar-refractivity contribution in [3.05, 3.63) is 35.9 Å². The van der Waals surface area contributed by atoms with E-state index in [-0.39, 0.29) is 5.78 Å². The normalized spacial score (nSPS) is 22.5. The minimum Gasteiger partial charge on any atom is -0.447 e. The van der Waals surface area contributed by atoms with E-state index in [1.165, 1.54) is 0 Å². The second kappa shape index (κ2) is 5.96. The molecule has 0 aliphatic carbocycles. The summed E-state index contributed by atoms with van der Waals surface area (Å²) in [6.07, 6.45) is 0.524. The zero-order valence-corrected chi connectivity index (χ0v) is 13.6. The van der Waals surface area contributed by atoms with Gasteiger partial charge in [-0.1, -0.05) is 43.9 Å². The molecule has 1 heterocycles. The van der Waals surface area contributed by atoms with Crippen molar-refractivity contribution in [1.29, 1.82) is 0 Å². The molecule has 0 unspecified atom stereocenters. The molecule has 1 fully saturated rings. The van der Waals surface area contributed by atoms with Crippen LogP contribution in [0, 0.1) is 22.7 Å². The Bertz CT molecular complexity index is 628. The number of Topliss-reactive ketones (excluding diaryl/α,β-unsaturated/α-hetero) is 1. The number of hydrogen-bond donors (Lipinski definition) is 0. The summed E-state index contributed by atoms with van der Waals surface area (Å²) in [6, 6.07) is 9.50. The van der Waals surface area contributed by atoms with Crippen LogP contribution in [0.2, 0.25) is 0 Å². The molecule has 0 spiro atoms. The standard InChI is InChI=1S/C19H22O3/c1-5-19(6-2)15(13-12-14-10-8-7-9-11-14)22-17(21)18(3,4)16(19)20/h7-11,15H,5-6H2,1-4H3/t15-/m1/s1. The molecule has 0 bridgehead atoms. The Morgan fingerprint density at radius 1 is 1.09 bits per heavy atom. The van der Waals surface area contributed by atoms with Gasteiger partial charge < -0.3 is 4.74 Å². The van der Waals surface area contributed by atoms with Crippen molar-refractivity contribution in [3.8, 4) is 11.8 Å². The van der Waals surface area contributed by atoms with Crippen molar-refractivity contribution in [2.24, 2.45) is 10.8 Å². The lowest BCUT2D eigenvalue weighted by molar-refractivity contribution is -0.183. The van der Waals surface area contributed by atoms with E-state index in [9.17, 15) is 9.59 Å². The molecular formula is C19H22O3. The Morgan fingerprint density at radius 2 is 1.68 bits per heavy atom. The summed E-state index contributed by atoms with van der Waals surface area (Å²) in [4.78, 5) is 25.1. The van der Waals surface area contributed by atoms with Crippen LogP contribution in [0.5, 0.6) is 0 Å². The zero-order valence-electron chi connectivity index (χ0n) is 13.6. The van der Waals surface area contributed by atoms with Gasteiger partial charge in [0.05, 0.1) is 5.41 Å². The average Bonchev–Trinajstić information content (AvgIpc) is 2.53. The molecule has 0 amide bonds. The van der Waals surface area contributed by atoms with E-state index in [0.29, 0.717) is 12.8 Å². The van der Waals surface area contributed by atoms with Crippen LogP contribution >= 0.6 is 0 Å². The third-order valence-corrected chi connectivity index (χ3v) is 4.64. The zero-order chi connectivity index (χ0) is 16.4. The van der Waals surface area contributed by atoms with Crippen molar-refractivity contribution in [2.75, 3.05) is 0 Å². The summed E-state index contributed by atoms with van der Waals surface area (Å²) < 4.78 is 5.56. The third kappa shape index (κ3) is 2.54. The summed E-state index contributed by atoms with van der Waals surface area (Å²) in [7, 11) is 0. The van der Waals surface area contributed by atoms with Crippen LogP contribution in [-0.2, 0) is 14.3 Å². The van der Waals surface area contributed by atoms with E-state index in [1.54, 1.807) is 13.8 Å². The summed E-state index contributed by atoms with van der Waals surface area (Å²) in [5.41, 5.74) is -0.979. The van der Waals surface area contributed by atoms with Gasteiger partial charge in [0.1, 0.15) is 5.41 Å². The molecule has 3 heteroatoms. The van der Waals surface area contributed by atoms with Gasteiger partial charge in [-0.05, 0) is 38.8 Å². The number of esters is 1. The second-order valence-electron chi connectivity index (χ2n) is 6.24. The molecular weight excluding hydrogens is 276 g/mol. The molecule has 1 aromatic rings. The number of ketones is 1. The van der Waals surface area contributed by atoms with Gasteiger partial charge in [-0.3, -0.25) is 9.59 Å². The van der Waals surface area contributed by atoms with Gasteiger partial charge in [-0.15, -0.1) is 0 Å². The first-order chi connectivity index (χ1) is 10.4. The summed E-state index contributed by atoms with van der Waals surface area (Å²) in [5, 5.41) is 0. The van der Waals surface area contributed by atoms with Crippen molar-refractivity contribution >= 4 is 11.8 Å². The highest BCUT2D eigenvalue weighted by Gasteiger charge is 2.57. The number of carbonyl (C=O) groups is 2. The largest absolute Gasteiger partial charge is 0.447 e. The first-order valence-electron chi connectivity index (χ1n) is 7.71. The highest BCUT2D eigenvalue weighted by atomic mass is 16.5. The molecule has 0 saturated carbocycles. The summed E-state index contributed by atoms with van der Waals surface area (Å²) in [6.45, 7) is 7.18. The van der Waals surface area contributed by atoms with Crippen molar-refractivity contribution in [3.63, 3.8) is 0 Å². The molecule has 0 radical (unpaired) electrons. The number of hydrogen-bond acceptors (Lipinski definition) is 3. The van der Waals surface area contributed by atoms with Gasteiger partial charge in [0, 0.05) is 5.56 Å². The SMILES string of the molecule is CCC1(CC)C(=O)C(C)(C)C(=O)O[C@@H]1C#Cc1ccccc1. The van der Waals surface area contributed by atoms with Gasteiger partial charge in [-0.2, -0.15) is 0 Å². The summed E-state index contributed by atoms with van der Waals surface area (Å²) in [5.74, 6) is 5.50. The lowest BCUT2D eigenvalue weighted by Gasteiger charge is -2.44. The van der Waals surface area contributed by atoms with Gasteiger partial charge >= 0.3 is 5.97 Å². The quantitative estimate of drug-likeness (QED) is 0.478. The maximum Gasteiger partial charge on any atom is 0.320 e. The predicted octanol–water partition coefficient (Wildman–Crippen LogP) is 3.37. The highest BCUT2D eigenvalue weighted by Crippen LogP contribution is 2.44. The van der Waals surface area contributed by atoms with E-state index in [0.717, 1.165) is 5.56 Å². The Kier molecular flexibility index (Phi) is 4.42. The van der Waals surface area contributed by atoms with E-state index in [4.69, 9.17) is 4.74 Å². The maximum absolute atomic E-state index is 12.9. The molecule has 0 N–H and O–H groups in total. The highest BCUT2D eigenvalue weighted by molar-refractivity contribution is 6.08. The van der Waals surface area contributed by atoms with Gasteiger partial charge in [0.2, 0.25) is 0 Å². The Labute approximate surface area is 132 Å². The van der Waals surface area contributed by atoms with Crippen molar-refractivity contribution < 1.29 is 14.3 Å². The number of cyclic esters (lactones) is 1. The van der Waals surface area contributed by atoms with Crippen molar-refractivity contribution in [1.82, 2.24) is 0 Å². The number of ether oxygens (including phenoxy) is 1. The smallest absolute Gasteiger partial charge is 0.320 e. The number of benzene rings is 1. The number of carbonyl (C=O) groups excluding carboxylic acids is 2. The van der Waals surface area contributed by atoms with Gasteiger partial charge in [0.25, 0.3) is 0 Å². The Morgan fingerprint density at radius 3 is 2.23 bits per heavy atom. The fraction of sp³-hybridized carbons (Fsp3) is 0.474. The first-order valence-corrected chi connectivity index (χ1v) is 7.71. The minimum atomic E-state index is -1.10. The molecule has 3 nitrogen and oxygen atoms in total. The van der Waals surface area contributed by atoms with Gasteiger partial charge in [-0.25, -0.2) is 0 Å². The lowest BCUT2D eigenvalue weighted by Crippen LogP contribution is -2.57. The predicted molar refractivity (Wildman–Crippen MR) is 85.0 cm³/mol. The van der Waals surface area contributed by atoms with Crippen LogP contribution in [0.15, 0.2) is 30.3 Å². The molecule has 1 saturated heterocycles. The minimum absolute atomic E-state index is 0.0615. The molecule has 1 atom stereocenters. The average molecular weight is 298 g/mol. The van der Waals surface area contributed by atoms with Crippen LogP contribution in [0.3, 0.4) is 0 Å². The van der Waals surface area contributed by atoms with E-state index in [2.05, 4.69) is 11.8 Å². The topological polar surface area (TPSA) is 43.4 Å². The Hall–Kier alpha value is -2.08. The molecule has 0 aromatic heterocycles. The van der Waals surface area contributed by atoms with Crippen LogP contribution in [0.4, 0.5) is 0 Å². The van der Waals surface area contributed by atoms with Crippen molar-refractivity contribution in [2.45, 2.75) is 46.6 Å². The van der Waals surface area contributed by atoms with Crippen LogP contribution in [0.1, 0.15) is 46.1 Å². The monoisotopic (exact) mass is 298 g/mol. The van der Waals surface area contributed by atoms with Gasteiger partial charge in [0.15, 0.2) is 11.9 Å². The van der Waals surface area contributed by atoms with Crippen LogP contribution in [0.25, 0.3) is 0 Å². The maximum atomic E-state index is 12.9. The Balaban J connectivity index is 2.43.